The number of carbonyl (C=O) groups excluding carboxylic acids is 2. The van der Waals surface area contributed by atoms with Gasteiger partial charge in [-0.15, -0.1) is 0 Å². The van der Waals surface area contributed by atoms with Gasteiger partial charge >= 0.3 is 6.09 Å². The maximum Gasteiger partial charge on any atom is 0.417 e. The molecule has 1 amide bonds. The first-order valence-corrected chi connectivity index (χ1v) is 8.50. The Bertz CT molecular complexity index is 854. The molecule has 0 spiro atoms. The fourth-order valence-corrected chi connectivity index (χ4v) is 3.24. The molecule has 5 nitrogen and oxygen atoms in total. The van der Waals surface area contributed by atoms with Crippen molar-refractivity contribution in [3.63, 3.8) is 0 Å². The highest BCUT2D eigenvalue weighted by Crippen LogP contribution is 2.46. The van der Waals surface area contributed by atoms with E-state index in [0.29, 0.717) is 16.8 Å². The van der Waals surface area contributed by atoms with Gasteiger partial charge in [0.1, 0.15) is 5.60 Å². The molecule has 1 heterocycles. The molecule has 0 saturated carbocycles. The van der Waals surface area contributed by atoms with E-state index < -0.39 is 17.4 Å². The molecule has 26 heavy (non-hydrogen) atoms. The Morgan fingerprint density at radius 2 is 1.73 bits per heavy atom. The molecule has 0 aliphatic carbocycles. The van der Waals surface area contributed by atoms with E-state index in [9.17, 15) is 9.59 Å². The highest BCUT2D eigenvalue weighted by Gasteiger charge is 2.57. The van der Waals surface area contributed by atoms with Crippen molar-refractivity contribution in [2.45, 2.75) is 39.0 Å². The molecular weight excluding hydrogens is 330 g/mol. The van der Waals surface area contributed by atoms with E-state index in [2.05, 4.69) is 0 Å². The lowest BCUT2D eigenvalue weighted by Crippen LogP contribution is -2.53. The Morgan fingerprint density at radius 3 is 2.31 bits per heavy atom. The Kier molecular flexibility index (Phi) is 4.36. The number of fused-ring (bicyclic) bond motifs is 1. The van der Waals surface area contributed by atoms with Gasteiger partial charge in [-0.1, -0.05) is 42.0 Å². The van der Waals surface area contributed by atoms with Gasteiger partial charge in [-0.25, -0.2) is 9.69 Å². The van der Waals surface area contributed by atoms with Crippen LogP contribution >= 0.6 is 0 Å². The zero-order valence-electron chi connectivity index (χ0n) is 15.7. The van der Waals surface area contributed by atoms with Crippen molar-refractivity contribution in [2.24, 2.45) is 0 Å². The number of Topliss-reactive ketones (excluding diaryl/α,β-unsaturated/α-hetero) is 1. The Balaban J connectivity index is 2.24. The number of aryl methyl sites for hydroxylation is 1. The summed E-state index contributed by atoms with van der Waals surface area (Å²) in [4.78, 5) is 27.8. The quantitative estimate of drug-likeness (QED) is 0.801. The number of hydrogen-bond acceptors (Lipinski definition) is 4. The van der Waals surface area contributed by atoms with Gasteiger partial charge in [0.25, 0.3) is 0 Å². The number of anilines is 1. The third kappa shape index (κ3) is 2.78. The predicted molar refractivity (Wildman–Crippen MR) is 99.4 cm³/mol. The molecule has 136 valence electrons. The lowest BCUT2D eigenvalue weighted by atomic mass is 9.96. The van der Waals surface area contributed by atoms with E-state index in [4.69, 9.17) is 9.47 Å². The number of hydrogen-bond donors (Lipinski definition) is 0. The normalized spacial score (nSPS) is 19.4. The van der Waals surface area contributed by atoms with E-state index in [1.54, 1.807) is 45.0 Å². The van der Waals surface area contributed by atoms with Crippen molar-refractivity contribution in [3.8, 4) is 0 Å². The van der Waals surface area contributed by atoms with Crippen molar-refractivity contribution in [2.75, 3.05) is 12.0 Å². The molecule has 1 atom stereocenters. The second-order valence-electron chi connectivity index (χ2n) is 7.38. The van der Waals surface area contributed by atoms with E-state index in [1.165, 1.54) is 12.0 Å². The van der Waals surface area contributed by atoms with E-state index >= 15 is 0 Å². The van der Waals surface area contributed by atoms with E-state index in [-0.39, 0.29) is 5.78 Å². The summed E-state index contributed by atoms with van der Waals surface area (Å²) in [5.74, 6) is -0.282. The summed E-state index contributed by atoms with van der Waals surface area (Å²) >= 11 is 0. The summed E-state index contributed by atoms with van der Waals surface area (Å²) in [6, 6.07) is 14.4. The maximum absolute atomic E-state index is 13.4. The van der Waals surface area contributed by atoms with E-state index in [0.717, 1.165) is 5.56 Å². The summed E-state index contributed by atoms with van der Waals surface area (Å²) in [7, 11) is 1.43. The Morgan fingerprint density at radius 1 is 1.08 bits per heavy atom. The zero-order chi connectivity index (χ0) is 19.1. The van der Waals surface area contributed by atoms with Gasteiger partial charge in [0, 0.05) is 18.2 Å². The summed E-state index contributed by atoms with van der Waals surface area (Å²) in [6.07, 6.45) is -0.626. The van der Waals surface area contributed by atoms with Gasteiger partial charge in [-0.3, -0.25) is 4.79 Å². The molecule has 0 fully saturated rings. The van der Waals surface area contributed by atoms with E-state index in [1.807, 2.05) is 31.2 Å². The number of methoxy groups -OCH3 is 1. The van der Waals surface area contributed by atoms with Gasteiger partial charge in [0.2, 0.25) is 11.5 Å². The van der Waals surface area contributed by atoms with Crippen molar-refractivity contribution >= 4 is 17.6 Å². The van der Waals surface area contributed by atoms with Crippen LogP contribution in [0.25, 0.3) is 0 Å². The minimum atomic E-state index is -1.58. The summed E-state index contributed by atoms with van der Waals surface area (Å²) in [5, 5.41) is 0. The van der Waals surface area contributed by atoms with Crippen molar-refractivity contribution in [3.05, 3.63) is 65.2 Å². The van der Waals surface area contributed by atoms with Crippen LogP contribution in [0.15, 0.2) is 48.5 Å². The highest BCUT2D eigenvalue weighted by atomic mass is 16.6. The monoisotopic (exact) mass is 353 g/mol. The SMILES string of the molecule is COC1(c2ccccc2)C(=O)c2cc(C)ccc2N1C(=O)OC(C)(C)C. The minimum absolute atomic E-state index is 0.282. The number of carbonyl (C=O) groups is 2. The maximum atomic E-state index is 13.4. The molecule has 2 aromatic rings. The summed E-state index contributed by atoms with van der Waals surface area (Å²) in [6.45, 7) is 7.27. The highest BCUT2D eigenvalue weighted by molar-refractivity contribution is 6.19. The zero-order valence-corrected chi connectivity index (χ0v) is 15.7. The summed E-state index contributed by atoms with van der Waals surface area (Å²) < 4.78 is 11.3. The number of amides is 1. The van der Waals surface area contributed by atoms with Crippen molar-refractivity contribution in [1.82, 2.24) is 0 Å². The van der Waals surface area contributed by atoms with Crippen molar-refractivity contribution in [1.29, 1.82) is 0 Å². The van der Waals surface area contributed by atoms with Crippen LogP contribution in [0.1, 0.15) is 42.3 Å². The van der Waals surface area contributed by atoms with Crippen LogP contribution in [0.5, 0.6) is 0 Å². The minimum Gasteiger partial charge on any atom is -0.443 e. The van der Waals surface area contributed by atoms with Gasteiger partial charge < -0.3 is 9.47 Å². The molecule has 0 bridgehead atoms. The number of nitrogens with zero attached hydrogens (tertiary/aromatic N) is 1. The first kappa shape index (κ1) is 18.1. The average Bonchev–Trinajstić information content (AvgIpc) is 2.83. The molecule has 0 aromatic heterocycles. The second-order valence-corrected chi connectivity index (χ2v) is 7.38. The number of ether oxygens (including phenoxy) is 2. The van der Waals surface area contributed by atoms with Gasteiger partial charge in [-0.2, -0.15) is 0 Å². The molecule has 0 saturated heterocycles. The van der Waals surface area contributed by atoms with Crippen molar-refractivity contribution < 1.29 is 19.1 Å². The largest absolute Gasteiger partial charge is 0.443 e. The fraction of sp³-hybridized carbons (Fsp3) is 0.333. The molecule has 0 N–H and O–H groups in total. The van der Waals surface area contributed by atoms with Gasteiger partial charge in [0.05, 0.1) is 5.69 Å². The molecule has 3 rings (SSSR count). The average molecular weight is 353 g/mol. The molecule has 0 radical (unpaired) electrons. The molecule has 1 aliphatic rings. The lowest BCUT2D eigenvalue weighted by molar-refractivity contribution is -0.00827. The lowest BCUT2D eigenvalue weighted by Gasteiger charge is -2.36. The first-order valence-electron chi connectivity index (χ1n) is 8.50. The van der Waals surface area contributed by atoms with Crippen LogP contribution < -0.4 is 4.90 Å². The predicted octanol–water partition coefficient (Wildman–Crippen LogP) is 4.43. The van der Waals surface area contributed by atoms with Crippen LogP contribution in [-0.2, 0) is 15.2 Å². The topological polar surface area (TPSA) is 55.8 Å². The molecule has 5 heteroatoms. The first-order chi connectivity index (χ1) is 12.2. The third-order valence-electron chi connectivity index (χ3n) is 4.30. The van der Waals surface area contributed by atoms with Crippen LogP contribution in [0.2, 0.25) is 0 Å². The Labute approximate surface area is 153 Å². The molecule has 1 unspecified atom stereocenters. The third-order valence-corrected chi connectivity index (χ3v) is 4.30. The molecule has 2 aromatic carbocycles. The number of benzene rings is 2. The van der Waals surface area contributed by atoms with Crippen LogP contribution in [0, 0.1) is 6.92 Å². The fourth-order valence-electron chi connectivity index (χ4n) is 3.24. The van der Waals surface area contributed by atoms with Crippen LogP contribution in [-0.4, -0.2) is 24.6 Å². The van der Waals surface area contributed by atoms with Gasteiger partial charge in [0.15, 0.2) is 0 Å². The van der Waals surface area contributed by atoms with Crippen LogP contribution in [0.4, 0.5) is 10.5 Å². The number of rotatable bonds is 2. The second kappa shape index (κ2) is 6.25. The number of ketones is 1. The van der Waals surface area contributed by atoms with Gasteiger partial charge in [-0.05, 0) is 39.8 Å². The Hall–Kier alpha value is -2.66. The molecular formula is C21H23NO4. The standard InChI is InChI=1S/C21H23NO4/c1-14-11-12-17-16(13-14)18(23)21(25-5,15-9-7-6-8-10-15)22(17)19(24)26-20(2,3)4/h6-13H,1-5H3. The smallest absolute Gasteiger partial charge is 0.417 e. The van der Waals surface area contributed by atoms with Crippen LogP contribution in [0.3, 0.4) is 0 Å². The summed E-state index contributed by atoms with van der Waals surface area (Å²) in [5.41, 5.74) is 0.152. The molecule has 1 aliphatic heterocycles.